The van der Waals surface area contributed by atoms with Crippen LogP contribution in [0.15, 0.2) is 146 Å². The number of aliphatic carboxylic acids is 1. The number of anilines is 3. The monoisotopic (exact) mass is 1140 g/mol. The maximum absolute atomic E-state index is 12.4. The van der Waals surface area contributed by atoms with E-state index in [0.717, 1.165) is 18.6 Å². The molecule has 4 amide bonds. The summed E-state index contributed by atoms with van der Waals surface area (Å²) in [6.45, 7) is 3.15. The van der Waals surface area contributed by atoms with Gasteiger partial charge in [-0.3, -0.25) is 23.4 Å². The molecule has 0 aliphatic heterocycles. The van der Waals surface area contributed by atoms with Crippen LogP contribution in [0.5, 0.6) is 34.5 Å². The number of carboxylic acid groups (broad SMARTS) is 1. The van der Waals surface area contributed by atoms with E-state index in [4.69, 9.17) is 48.8 Å². The van der Waals surface area contributed by atoms with E-state index in [2.05, 4.69) is 39.3 Å². The summed E-state index contributed by atoms with van der Waals surface area (Å²) < 4.78 is 66.2. The number of hydrogen-bond donors (Lipinski definition) is 8. The molecule has 6 aromatic carbocycles. The Labute approximate surface area is 484 Å². The van der Waals surface area contributed by atoms with E-state index in [0.29, 0.717) is 75.0 Å². The standard InChI is InChI=1S/C22H28N2O5.C17H19NO8S.C16H15NO6.Na/c1-16(2)4-3-13-28-19-9-5-17(6-10-19)22(27)24-18-7-11-20(12-8-18)29-14-21(26)23-15-25;19-9-10-24-15-5-1-13(2-6-15)17(20)18-14-3-7-16(8-4-14)25-11-12-26-27(21,22)23;18-10-23-14-5-1-11(2-6-14)16(21)17-12-3-7-13(8-4-12)22-9-15(19)20;/h5-12,16,25H,3-4,13-15H2,1-2H3,(H,23,26)(H,24,27);1-8,19H,9-12H2,(H,18,20)(H,21,22,23);1-8,18H,9-10H2,(H,17,21)(H,19,20);/q;;;+1/p-1. The molecule has 0 spiro atoms. The van der Waals surface area contributed by atoms with Crippen molar-refractivity contribution >= 4 is 57.1 Å². The van der Waals surface area contributed by atoms with Crippen molar-refractivity contribution in [2.75, 3.05) is 75.7 Å². The third-order valence-electron chi connectivity index (χ3n) is 10.1. The predicted octanol–water partition coefficient (Wildman–Crippen LogP) is 3.10. The first-order valence-corrected chi connectivity index (χ1v) is 25.5. The fourth-order valence-corrected chi connectivity index (χ4v) is 6.54. The zero-order valence-electron chi connectivity index (χ0n) is 44.0. The predicted molar refractivity (Wildman–Crippen MR) is 287 cm³/mol. The number of aliphatic hydroxyl groups is 3. The summed E-state index contributed by atoms with van der Waals surface area (Å²) >= 11 is 0. The smallest absolute Gasteiger partial charge is 0.726 e. The van der Waals surface area contributed by atoms with Gasteiger partial charge < -0.3 is 74.7 Å². The Kier molecular flexibility index (Phi) is 30.3. The van der Waals surface area contributed by atoms with Gasteiger partial charge in [0.15, 0.2) is 20.0 Å². The van der Waals surface area contributed by atoms with Crippen molar-refractivity contribution in [2.24, 2.45) is 5.92 Å². The van der Waals surface area contributed by atoms with Gasteiger partial charge in [-0.1, -0.05) is 13.8 Å². The molecule has 0 atom stereocenters. The summed E-state index contributed by atoms with van der Waals surface area (Å²) in [4.78, 5) is 58.3. The zero-order chi connectivity index (χ0) is 57.4. The van der Waals surface area contributed by atoms with Crippen LogP contribution in [-0.4, -0.2) is 123 Å². The molecule has 23 nitrogen and oxygen atoms in total. The molecule has 422 valence electrons. The fourth-order valence-electron chi connectivity index (χ4n) is 6.27. The first kappa shape index (κ1) is 66.5. The third kappa shape index (κ3) is 27.2. The van der Waals surface area contributed by atoms with Crippen LogP contribution in [0.1, 0.15) is 57.8 Å². The number of amides is 4. The van der Waals surface area contributed by atoms with Crippen LogP contribution in [0.4, 0.5) is 17.1 Å². The number of nitrogens with one attached hydrogen (secondary N) is 4. The second-order valence-corrected chi connectivity index (χ2v) is 17.6. The average Bonchev–Trinajstić information content (AvgIpc) is 3.45. The summed E-state index contributed by atoms with van der Waals surface area (Å²) in [7, 11) is -4.73. The molecule has 8 N–H and O–H groups in total. The van der Waals surface area contributed by atoms with Crippen molar-refractivity contribution in [3.05, 3.63) is 162 Å². The molecule has 0 unspecified atom stereocenters. The van der Waals surface area contributed by atoms with Crippen molar-refractivity contribution in [2.45, 2.75) is 26.7 Å². The van der Waals surface area contributed by atoms with Gasteiger partial charge in [-0.25, -0.2) is 13.2 Å². The van der Waals surface area contributed by atoms with Gasteiger partial charge in [0.1, 0.15) is 54.4 Å². The average molecular weight is 1140 g/mol. The summed E-state index contributed by atoms with van der Waals surface area (Å²) in [6, 6.07) is 39.2. The maximum Gasteiger partial charge on any atom is 1.00 e. The van der Waals surface area contributed by atoms with Crippen molar-refractivity contribution in [3.8, 4) is 34.5 Å². The molecule has 0 heterocycles. The van der Waals surface area contributed by atoms with Gasteiger partial charge in [0.2, 0.25) is 10.4 Å². The van der Waals surface area contributed by atoms with Crippen LogP contribution in [-0.2, 0) is 24.2 Å². The Bertz CT molecular complexity index is 2920. The van der Waals surface area contributed by atoms with E-state index in [1.165, 1.54) is 0 Å². The van der Waals surface area contributed by atoms with Crippen molar-refractivity contribution < 1.29 is 120 Å². The summed E-state index contributed by atoms with van der Waals surface area (Å²) in [5, 5.41) is 44.9. The minimum atomic E-state index is -4.73. The molecule has 0 saturated carbocycles. The third-order valence-corrected chi connectivity index (χ3v) is 10.5. The summed E-state index contributed by atoms with van der Waals surface area (Å²) in [6.07, 6.45) is 2.13. The SMILES string of the molecule is CC(C)CCCOc1ccc(C(=O)Nc2ccc(OCC(=O)NCO)cc2)cc1.O=C(Nc1ccc(OCCOS(=O)(=O)[O-])cc1)c1ccc(OCCO)cc1.O=C(O)COc1ccc(NC(=O)c2ccc(OCO)cc2)cc1.[Na+]. The Morgan fingerprint density at radius 2 is 0.838 bits per heavy atom. The molecule has 0 bridgehead atoms. The van der Waals surface area contributed by atoms with E-state index >= 15 is 0 Å². The molecule has 0 aromatic heterocycles. The first-order valence-electron chi connectivity index (χ1n) is 24.2. The van der Waals surface area contributed by atoms with Crippen molar-refractivity contribution in [3.63, 3.8) is 0 Å². The van der Waals surface area contributed by atoms with E-state index in [-0.39, 0.29) is 80.3 Å². The van der Waals surface area contributed by atoms with E-state index < -0.39 is 42.4 Å². The van der Waals surface area contributed by atoms with E-state index in [1.807, 2.05) is 0 Å². The van der Waals surface area contributed by atoms with Crippen LogP contribution in [0.3, 0.4) is 0 Å². The Hall–Kier alpha value is -7.78. The molecule has 80 heavy (non-hydrogen) atoms. The molecule has 6 aromatic rings. The molecular formula is C55H61N4NaO19S. The quantitative estimate of drug-likeness (QED) is 0.0115. The van der Waals surface area contributed by atoms with Crippen LogP contribution in [0.2, 0.25) is 0 Å². The molecule has 0 aliphatic carbocycles. The fraction of sp³-hybridized carbons (Fsp3) is 0.255. The number of carboxylic acids is 1. The second-order valence-electron chi connectivity index (χ2n) is 16.5. The molecule has 0 saturated heterocycles. The molecular weight excluding hydrogens is 1080 g/mol. The van der Waals surface area contributed by atoms with Gasteiger partial charge in [0, 0.05) is 33.8 Å². The summed E-state index contributed by atoms with van der Waals surface area (Å²) in [5.41, 5.74) is 3.08. The number of ether oxygens (including phenoxy) is 6. The number of carbonyl (C=O) groups excluding carboxylic acids is 4. The van der Waals surface area contributed by atoms with Gasteiger partial charge >= 0.3 is 35.5 Å². The minimum absolute atomic E-state index is 0. The molecule has 0 radical (unpaired) electrons. The maximum atomic E-state index is 12.4. The van der Waals surface area contributed by atoms with Crippen molar-refractivity contribution in [1.82, 2.24) is 5.32 Å². The van der Waals surface area contributed by atoms with E-state index in [9.17, 15) is 36.9 Å². The number of aliphatic hydroxyl groups excluding tert-OH is 3. The zero-order valence-corrected chi connectivity index (χ0v) is 46.8. The van der Waals surface area contributed by atoms with Gasteiger partial charge in [0.05, 0.1) is 19.8 Å². The van der Waals surface area contributed by atoms with Crippen molar-refractivity contribution in [1.29, 1.82) is 0 Å². The molecule has 6 rings (SSSR count). The normalized spacial score (nSPS) is 10.4. The Morgan fingerprint density at radius 1 is 0.487 bits per heavy atom. The topological polar surface area (TPSA) is 336 Å². The molecule has 0 aliphatic rings. The van der Waals surface area contributed by atoms with Crippen LogP contribution < -0.4 is 79.2 Å². The molecule has 25 heteroatoms. The Morgan fingerprint density at radius 3 is 1.19 bits per heavy atom. The van der Waals surface area contributed by atoms with Gasteiger partial charge in [0.25, 0.3) is 23.6 Å². The number of carbonyl (C=O) groups is 5. The van der Waals surface area contributed by atoms with Crippen LogP contribution in [0, 0.1) is 5.92 Å². The number of benzene rings is 6. The largest absolute Gasteiger partial charge is 1.00 e. The second kappa shape index (κ2) is 36.4. The number of hydrogen-bond acceptors (Lipinski definition) is 18. The number of rotatable bonds is 28. The van der Waals surface area contributed by atoms with Gasteiger partial charge in [-0.2, -0.15) is 0 Å². The molecule has 0 fully saturated rings. The van der Waals surface area contributed by atoms with Crippen LogP contribution >= 0.6 is 0 Å². The van der Waals surface area contributed by atoms with Crippen LogP contribution in [0.25, 0.3) is 0 Å². The minimum Gasteiger partial charge on any atom is -0.726 e. The first-order chi connectivity index (χ1) is 37.9. The summed E-state index contributed by atoms with van der Waals surface area (Å²) in [5.74, 6) is 1.40. The Balaban J connectivity index is 0.000000315. The van der Waals surface area contributed by atoms with Gasteiger partial charge in [-0.05, 0) is 164 Å². The van der Waals surface area contributed by atoms with E-state index in [1.54, 1.807) is 146 Å². The van der Waals surface area contributed by atoms with Gasteiger partial charge in [-0.15, -0.1) is 0 Å².